The topological polar surface area (TPSA) is 61.5 Å². The van der Waals surface area contributed by atoms with Gasteiger partial charge >= 0.3 is 0 Å². The second kappa shape index (κ2) is 6.13. The van der Waals surface area contributed by atoms with Crippen molar-refractivity contribution in [2.45, 2.75) is 56.6 Å². The minimum Gasteiger partial charge on any atom is -0.383 e. The Morgan fingerprint density at radius 1 is 1.44 bits per heavy atom. The van der Waals surface area contributed by atoms with Crippen LogP contribution in [0.1, 0.15) is 44.9 Å². The number of ether oxygens (including phenoxy) is 2. The minimum absolute atomic E-state index is 0.0242. The lowest BCUT2D eigenvalue weighted by Gasteiger charge is -2.43. The predicted molar refractivity (Wildman–Crippen MR) is 69.4 cm³/mol. The summed E-state index contributed by atoms with van der Waals surface area (Å²) >= 11 is 0. The van der Waals surface area contributed by atoms with E-state index < -0.39 is 6.04 Å². The van der Waals surface area contributed by atoms with Gasteiger partial charge in [0.05, 0.1) is 18.2 Å². The first-order valence-corrected chi connectivity index (χ1v) is 7.09. The van der Waals surface area contributed by atoms with Crippen LogP contribution in [-0.4, -0.2) is 37.7 Å². The number of Topliss-reactive ketones (excluding diaryl/α,β-unsaturated/α-hetero) is 1. The third-order valence-electron chi connectivity index (χ3n) is 4.37. The summed E-state index contributed by atoms with van der Waals surface area (Å²) in [6, 6.07) is -0.473. The molecule has 0 radical (unpaired) electrons. The summed E-state index contributed by atoms with van der Waals surface area (Å²) < 4.78 is 11.0. The molecule has 18 heavy (non-hydrogen) atoms. The van der Waals surface area contributed by atoms with E-state index in [1.165, 1.54) is 19.3 Å². The van der Waals surface area contributed by atoms with Crippen LogP contribution < -0.4 is 5.73 Å². The second-order valence-electron chi connectivity index (χ2n) is 5.75. The van der Waals surface area contributed by atoms with E-state index in [1.807, 2.05) is 0 Å². The van der Waals surface area contributed by atoms with Gasteiger partial charge in [0.2, 0.25) is 0 Å². The van der Waals surface area contributed by atoms with Gasteiger partial charge in [0.25, 0.3) is 0 Å². The van der Waals surface area contributed by atoms with Crippen molar-refractivity contribution in [3.8, 4) is 0 Å². The fourth-order valence-electron chi connectivity index (χ4n) is 3.38. The van der Waals surface area contributed by atoms with Crippen molar-refractivity contribution in [1.29, 1.82) is 0 Å². The predicted octanol–water partition coefficient (Wildman–Crippen LogP) is 1.66. The number of methoxy groups -OCH3 is 1. The van der Waals surface area contributed by atoms with Crippen molar-refractivity contribution < 1.29 is 14.3 Å². The molecule has 0 aromatic rings. The summed E-state index contributed by atoms with van der Waals surface area (Å²) in [5.41, 5.74) is 5.84. The molecule has 2 atom stereocenters. The Balaban J connectivity index is 1.95. The summed E-state index contributed by atoms with van der Waals surface area (Å²) in [5.74, 6) is 0.229. The number of hydrogen-bond acceptors (Lipinski definition) is 4. The van der Waals surface area contributed by atoms with Gasteiger partial charge < -0.3 is 15.2 Å². The Morgan fingerprint density at radius 3 is 2.83 bits per heavy atom. The Morgan fingerprint density at radius 2 is 2.17 bits per heavy atom. The van der Waals surface area contributed by atoms with Gasteiger partial charge in [0.15, 0.2) is 5.78 Å². The normalized spacial score (nSPS) is 29.1. The molecule has 1 aliphatic heterocycles. The van der Waals surface area contributed by atoms with Crippen LogP contribution in [0, 0.1) is 5.92 Å². The van der Waals surface area contributed by atoms with Gasteiger partial charge in [0, 0.05) is 19.6 Å². The van der Waals surface area contributed by atoms with Gasteiger partial charge in [-0.1, -0.05) is 19.3 Å². The highest BCUT2D eigenvalue weighted by Crippen LogP contribution is 2.41. The molecule has 1 saturated carbocycles. The van der Waals surface area contributed by atoms with E-state index in [-0.39, 0.29) is 17.3 Å². The van der Waals surface area contributed by atoms with Crippen LogP contribution in [0.25, 0.3) is 0 Å². The summed E-state index contributed by atoms with van der Waals surface area (Å²) in [6.07, 6.45) is 7.65. The van der Waals surface area contributed by atoms with Crippen molar-refractivity contribution in [2.24, 2.45) is 11.7 Å². The maximum Gasteiger partial charge on any atom is 0.155 e. The maximum absolute atomic E-state index is 12.3. The molecule has 0 aromatic carbocycles. The third-order valence-corrected chi connectivity index (χ3v) is 4.37. The van der Waals surface area contributed by atoms with Crippen LogP contribution >= 0.6 is 0 Å². The SMILES string of the molecule is COCC(N)C(=O)C1CCOC2(CCCCC2)C1. The molecular formula is C14H25NO3. The maximum atomic E-state index is 12.3. The molecule has 0 aromatic heterocycles. The largest absolute Gasteiger partial charge is 0.383 e. The average Bonchev–Trinajstić information content (AvgIpc) is 2.39. The van der Waals surface area contributed by atoms with Crippen LogP contribution in [-0.2, 0) is 14.3 Å². The van der Waals surface area contributed by atoms with E-state index in [4.69, 9.17) is 15.2 Å². The molecule has 2 fully saturated rings. The Bertz CT molecular complexity index is 281. The van der Waals surface area contributed by atoms with E-state index in [1.54, 1.807) is 7.11 Å². The minimum atomic E-state index is -0.473. The Hall–Kier alpha value is -0.450. The number of carbonyl (C=O) groups is 1. The first-order chi connectivity index (χ1) is 8.67. The highest BCUT2D eigenvalue weighted by Gasteiger charge is 2.41. The van der Waals surface area contributed by atoms with Crippen molar-refractivity contribution in [3.63, 3.8) is 0 Å². The van der Waals surface area contributed by atoms with E-state index >= 15 is 0 Å². The van der Waals surface area contributed by atoms with Crippen LogP contribution in [0.5, 0.6) is 0 Å². The van der Waals surface area contributed by atoms with Crippen molar-refractivity contribution >= 4 is 5.78 Å². The van der Waals surface area contributed by atoms with Crippen LogP contribution in [0.3, 0.4) is 0 Å². The number of ketones is 1. The van der Waals surface area contributed by atoms with E-state index in [0.29, 0.717) is 13.2 Å². The van der Waals surface area contributed by atoms with Crippen LogP contribution in [0.4, 0.5) is 0 Å². The third kappa shape index (κ3) is 3.11. The van der Waals surface area contributed by atoms with Gasteiger partial charge in [-0.2, -0.15) is 0 Å². The van der Waals surface area contributed by atoms with Gasteiger partial charge in [-0.15, -0.1) is 0 Å². The van der Waals surface area contributed by atoms with Crippen LogP contribution in [0.15, 0.2) is 0 Å². The van der Waals surface area contributed by atoms with Gasteiger partial charge in [-0.25, -0.2) is 0 Å². The lowest BCUT2D eigenvalue weighted by Crippen LogP contribution is -2.47. The molecule has 0 bridgehead atoms. The molecular weight excluding hydrogens is 230 g/mol. The van der Waals surface area contributed by atoms with Gasteiger partial charge in [-0.3, -0.25) is 4.79 Å². The first kappa shape index (κ1) is 14.0. The zero-order valence-electron chi connectivity index (χ0n) is 11.3. The molecule has 2 rings (SSSR count). The van der Waals surface area contributed by atoms with E-state index in [0.717, 1.165) is 25.7 Å². The fourth-order valence-corrected chi connectivity index (χ4v) is 3.38. The standard InChI is InChI=1S/C14H25NO3/c1-17-10-12(15)13(16)11-5-8-18-14(9-11)6-3-2-4-7-14/h11-12H,2-10,15H2,1H3. The molecule has 0 amide bonds. The molecule has 2 unspecified atom stereocenters. The molecule has 4 heteroatoms. The zero-order valence-corrected chi connectivity index (χ0v) is 11.3. The monoisotopic (exact) mass is 255 g/mol. The highest BCUT2D eigenvalue weighted by molar-refractivity contribution is 5.86. The molecule has 104 valence electrons. The summed E-state index contributed by atoms with van der Waals surface area (Å²) in [6.45, 7) is 1.03. The van der Waals surface area contributed by atoms with Gasteiger partial charge in [-0.05, 0) is 25.7 Å². The van der Waals surface area contributed by atoms with Crippen LogP contribution in [0.2, 0.25) is 0 Å². The first-order valence-electron chi connectivity index (χ1n) is 7.09. The molecule has 4 nitrogen and oxygen atoms in total. The summed E-state index contributed by atoms with van der Waals surface area (Å²) in [5, 5.41) is 0. The lowest BCUT2D eigenvalue weighted by molar-refractivity contribution is -0.144. The zero-order chi connectivity index (χ0) is 13.0. The summed E-state index contributed by atoms with van der Waals surface area (Å²) in [7, 11) is 1.58. The average molecular weight is 255 g/mol. The highest BCUT2D eigenvalue weighted by atomic mass is 16.5. The fraction of sp³-hybridized carbons (Fsp3) is 0.929. The Labute approximate surface area is 109 Å². The molecule has 2 N–H and O–H groups in total. The molecule has 1 aliphatic carbocycles. The van der Waals surface area contributed by atoms with Crippen molar-refractivity contribution in [3.05, 3.63) is 0 Å². The van der Waals surface area contributed by atoms with Gasteiger partial charge in [0.1, 0.15) is 0 Å². The van der Waals surface area contributed by atoms with E-state index in [2.05, 4.69) is 0 Å². The van der Waals surface area contributed by atoms with E-state index in [9.17, 15) is 4.79 Å². The van der Waals surface area contributed by atoms with Crippen molar-refractivity contribution in [1.82, 2.24) is 0 Å². The summed E-state index contributed by atoms with van der Waals surface area (Å²) in [4.78, 5) is 12.3. The molecule has 1 saturated heterocycles. The quantitative estimate of drug-likeness (QED) is 0.830. The molecule has 2 aliphatic rings. The Kier molecular flexibility index (Phi) is 4.76. The lowest BCUT2D eigenvalue weighted by atomic mass is 9.74. The number of carbonyl (C=O) groups excluding carboxylic acids is 1. The number of nitrogens with two attached hydrogens (primary N) is 1. The number of hydrogen-bond donors (Lipinski definition) is 1. The van der Waals surface area contributed by atoms with Crippen molar-refractivity contribution in [2.75, 3.05) is 20.3 Å². The number of rotatable bonds is 4. The molecule has 1 heterocycles. The second-order valence-corrected chi connectivity index (χ2v) is 5.75. The molecule has 1 spiro atoms. The smallest absolute Gasteiger partial charge is 0.155 e.